The van der Waals surface area contributed by atoms with Gasteiger partial charge in [0.15, 0.2) is 0 Å². The lowest BCUT2D eigenvalue weighted by Crippen LogP contribution is -2.52. The summed E-state index contributed by atoms with van der Waals surface area (Å²) in [5, 5.41) is 2.32. The minimum absolute atomic E-state index is 0.172. The number of rotatable bonds is 6. The number of aryl methyl sites for hydroxylation is 1. The zero-order valence-corrected chi connectivity index (χ0v) is 17.7. The Balaban J connectivity index is 1.20. The number of amides is 3. The molecule has 0 aromatic heterocycles. The summed E-state index contributed by atoms with van der Waals surface area (Å²) >= 11 is 0. The summed E-state index contributed by atoms with van der Waals surface area (Å²) in [6, 6.07) is 11.0. The minimum Gasteiger partial charge on any atom is -0.493 e. The second kappa shape index (κ2) is 8.22. The van der Waals surface area contributed by atoms with E-state index in [2.05, 4.69) is 11.4 Å². The number of ketones is 1. The number of benzene rings is 2. The molecule has 1 saturated heterocycles. The van der Waals surface area contributed by atoms with Gasteiger partial charge >= 0.3 is 0 Å². The zero-order valence-electron chi connectivity index (χ0n) is 17.7. The molecule has 2 aromatic rings. The van der Waals surface area contributed by atoms with Crippen LogP contribution in [0.1, 0.15) is 51.9 Å². The fraction of sp³-hybridized carbons (Fsp3) is 0.360. The Bertz CT molecular complexity index is 1140. The molecule has 3 aliphatic heterocycles. The van der Waals surface area contributed by atoms with Gasteiger partial charge in [0, 0.05) is 37.8 Å². The van der Waals surface area contributed by atoms with E-state index in [0.29, 0.717) is 44.4 Å². The van der Waals surface area contributed by atoms with Crippen molar-refractivity contribution in [3.63, 3.8) is 0 Å². The third-order valence-electron chi connectivity index (χ3n) is 6.44. The molecule has 32 heavy (non-hydrogen) atoms. The van der Waals surface area contributed by atoms with E-state index in [-0.39, 0.29) is 24.0 Å². The number of nitrogens with zero attached hydrogens (tertiary/aromatic N) is 1. The maximum atomic E-state index is 12.8. The highest BCUT2D eigenvalue weighted by Crippen LogP contribution is 2.29. The van der Waals surface area contributed by atoms with Gasteiger partial charge in [-0.25, -0.2) is 0 Å². The molecule has 1 fully saturated rings. The molecule has 0 saturated carbocycles. The van der Waals surface area contributed by atoms with Crippen molar-refractivity contribution in [2.75, 3.05) is 6.61 Å². The predicted molar refractivity (Wildman–Crippen MR) is 115 cm³/mol. The van der Waals surface area contributed by atoms with E-state index in [1.165, 1.54) is 5.56 Å². The first kappa shape index (κ1) is 20.4. The molecule has 7 nitrogen and oxygen atoms in total. The van der Waals surface area contributed by atoms with E-state index in [9.17, 15) is 19.2 Å². The van der Waals surface area contributed by atoms with Gasteiger partial charge in [0.25, 0.3) is 5.91 Å². The summed E-state index contributed by atoms with van der Waals surface area (Å²) in [6.45, 7) is 1.05. The lowest BCUT2D eigenvalue weighted by atomic mass is 9.99. The molecule has 0 spiro atoms. The number of Topliss-reactive ketones (excluding diaryl/α,β-unsaturated/α-hetero) is 1. The third-order valence-corrected chi connectivity index (χ3v) is 6.44. The van der Waals surface area contributed by atoms with Crippen molar-refractivity contribution in [1.29, 1.82) is 0 Å². The normalized spacial score (nSPS) is 19.4. The van der Waals surface area contributed by atoms with Crippen molar-refractivity contribution in [1.82, 2.24) is 10.2 Å². The van der Waals surface area contributed by atoms with Crippen LogP contribution in [-0.2, 0) is 40.2 Å². The number of carbonyl (C=O) groups is 4. The van der Waals surface area contributed by atoms with Gasteiger partial charge in [-0.15, -0.1) is 0 Å². The number of imide groups is 1. The smallest absolute Gasteiger partial charge is 0.255 e. The molecule has 0 radical (unpaired) electrons. The third kappa shape index (κ3) is 3.90. The maximum absolute atomic E-state index is 12.8. The van der Waals surface area contributed by atoms with Crippen molar-refractivity contribution >= 4 is 23.5 Å². The molecule has 3 amide bonds. The number of piperidine rings is 1. The molecule has 1 atom stereocenters. The number of carbonyl (C=O) groups excluding carboxylic acids is 4. The monoisotopic (exact) mass is 432 g/mol. The molecule has 7 heteroatoms. The highest BCUT2D eigenvalue weighted by Gasteiger charge is 2.39. The SMILES string of the molecule is O=C(CCc1ccc2c(c1)CN(C1CCC(=O)NC1=O)C2=O)Cc1ccc2c(c1)CCO2. The first-order chi connectivity index (χ1) is 15.5. The predicted octanol–water partition coefficient (Wildman–Crippen LogP) is 2.13. The van der Waals surface area contributed by atoms with Crippen LogP contribution in [0.15, 0.2) is 36.4 Å². The van der Waals surface area contributed by atoms with Crippen LogP contribution in [0, 0.1) is 0 Å². The second-order valence-corrected chi connectivity index (χ2v) is 8.65. The molecular weight excluding hydrogens is 408 g/mol. The lowest BCUT2D eigenvalue weighted by Gasteiger charge is -2.29. The Kier molecular flexibility index (Phi) is 5.25. The molecule has 3 heterocycles. The van der Waals surface area contributed by atoms with Crippen molar-refractivity contribution in [3.05, 3.63) is 64.2 Å². The number of hydrogen-bond acceptors (Lipinski definition) is 5. The highest BCUT2D eigenvalue weighted by atomic mass is 16.5. The van der Waals surface area contributed by atoms with Crippen LogP contribution in [0.3, 0.4) is 0 Å². The Morgan fingerprint density at radius 3 is 2.69 bits per heavy atom. The molecule has 2 aromatic carbocycles. The van der Waals surface area contributed by atoms with Crippen molar-refractivity contribution in [2.24, 2.45) is 0 Å². The summed E-state index contributed by atoms with van der Waals surface area (Å²) in [6.07, 6.45) is 2.91. The molecular formula is C25H24N2O5. The van der Waals surface area contributed by atoms with E-state index in [1.54, 1.807) is 11.0 Å². The molecule has 3 aliphatic rings. The van der Waals surface area contributed by atoms with Gasteiger partial charge in [0.05, 0.1) is 6.61 Å². The topological polar surface area (TPSA) is 92.8 Å². The Morgan fingerprint density at radius 2 is 1.84 bits per heavy atom. The Labute approximate surface area is 185 Å². The number of hydrogen-bond donors (Lipinski definition) is 1. The average Bonchev–Trinajstić information content (AvgIpc) is 3.36. The molecule has 1 N–H and O–H groups in total. The van der Waals surface area contributed by atoms with Crippen LogP contribution in [0.4, 0.5) is 0 Å². The van der Waals surface area contributed by atoms with Gasteiger partial charge in [-0.2, -0.15) is 0 Å². The summed E-state index contributed by atoms with van der Waals surface area (Å²) in [5.74, 6) is 0.200. The first-order valence-electron chi connectivity index (χ1n) is 11.0. The number of fused-ring (bicyclic) bond motifs is 2. The van der Waals surface area contributed by atoms with Crippen molar-refractivity contribution < 1.29 is 23.9 Å². The van der Waals surface area contributed by atoms with Crippen molar-refractivity contribution in [3.8, 4) is 5.75 Å². The van der Waals surface area contributed by atoms with Gasteiger partial charge < -0.3 is 9.64 Å². The van der Waals surface area contributed by atoms with Crippen LogP contribution in [0.25, 0.3) is 0 Å². The highest BCUT2D eigenvalue weighted by molar-refractivity contribution is 6.05. The molecule has 1 unspecified atom stereocenters. The molecule has 5 rings (SSSR count). The summed E-state index contributed by atoms with van der Waals surface area (Å²) in [4.78, 5) is 50.4. The fourth-order valence-corrected chi connectivity index (χ4v) is 4.73. The molecule has 0 bridgehead atoms. The van der Waals surface area contributed by atoms with Gasteiger partial charge in [-0.05, 0) is 47.2 Å². The van der Waals surface area contributed by atoms with Gasteiger partial charge in [-0.1, -0.05) is 24.3 Å². The van der Waals surface area contributed by atoms with Crippen molar-refractivity contribution in [2.45, 2.75) is 51.1 Å². The second-order valence-electron chi connectivity index (χ2n) is 8.65. The van der Waals surface area contributed by atoms with Crippen LogP contribution in [0.5, 0.6) is 5.75 Å². The standard InChI is InChI=1S/C25H24N2O5/c28-19(13-16-3-7-22-17(12-16)9-10-32-22)4-1-15-2-5-20-18(11-15)14-27(25(20)31)21-6-8-23(29)26-24(21)30/h2-3,5,7,11-12,21H,1,4,6,8-10,13-14H2,(H,26,29,30). The maximum Gasteiger partial charge on any atom is 0.255 e. The van der Waals surface area contributed by atoms with Crippen LogP contribution < -0.4 is 10.1 Å². The zero-order chi connectivity index (χ0) is 22.2. The van der Waals surface area contributed by atoms with Crippen LogP contribution in [0.2, 0.25) is 0 Å². The van der Waals surface area contributed by atoms with E-state index in [4.69, 9.17) is 4.74 Å². The van der Waals surface area contributed by atoms with Gasteiger partial charge in [-0.3, -0.25) is 24.5 Å². The summed E-state index contributed by atoms with van der Waals surface area (Å²) in [7, 11) is 0. The van der Waals surface area contributed by atoms with E-state index >= 15 is 0 Å². The summed E-state index contributed by atoms with van der Waals surface area (Å²) in [5.41, 5.74) is 4.63. The molecule has 164 valence electrons. The van der Waals surface area contributed by atoms with Gasteiger partial charge in [0.2, 0.25) is 11.8 Å². The number of ether oxygens (including phenoxy) is 1. The summed E-state index contributed by atoms with van der Waals surface area (Å²) < 4.78 is 5.52. The fourth-order valence-electron chi connectivity index (χ4n) is 4.73. The largest absolute Gasteiger partial charge is 0.493 e. The van der Waals surface area contributed by atoms with E-state index < -0.39 is 11.9 Å². The Hall–Kier alpha value is -3.48. The minimum atomic E-state index is -0.615. The molecule has 0 aliphatic carbocycles. The Morgan fingerprint density at radius 1 is 1.03 bits per heavy atom. The van der Waals surface area contributed by atoms with Crippen LogP contribution in [-0.4, -0.2) is 41.1 Å². The van der Waals surface area contributed by atoms with Gasteiger partial charge in [0.1, 0.15) is 17.6 Å². The van der Waals surface area contributed by atoms with E-state index in [1.807, 2.05) is 24.3 Å². The average molecular weight is 432 g/mol. The quantitative estimate of drug-likeness (QED) is 0.706. The van der Waals surface area contributed by atoms with E-state index in [0.717, 1.165) is 28.9 Å². The number of nitrogens with one attached hydrogen (secondary N) is 1. The van der Waals surface area contributed by atoms with Crippen LogP contribution >= 0.6 is 0 Å². The lowest BCUT2D eigenvalue weighted by molar-refractivity contribution is -0.137. The first-order valence-corrected chi connectivity index (χ1v) is 11.0.